The quantitative estimate of drug-likeness (QED) is 0.637. The highest BCUT2D eigenvalue weighted by atomic mass is 35.5. The van der Waals surface area contributed by atoms with E-state index >= 15 is 0 Å². The number of ether oxygens (including phenoxy) is 3. The monoisotopic (exact) mass is 435 g/mol. The van der Waals surface area contributed by atoms with Gasteiger partial charge in [-0.15, -0.1) is 12.4 Å². The van der Waals surface area contributed by atoms with Gasteiger partial charge in [0.15, 0.2) is 17.3 Å². The number of likely N-dealkylation sites (tertiary alicyclic amines) is 1. The number of hydrogen-bond acceptors (Lipinski definition) is 6. The Morgan fingerprint density at radius 3 is 2.07 bits per heavy atom. The number of ketones is 1. The van der Waals surface area contributed by atoms with Gasteiger partial charge in [-0.05, 0) is 30.5 Å². The molecule has 1 aliphatic heterocycles. The number of hydrogen-bond donors (Lipinski definition) is 1. The summed E-state index contributed by atoms with van der Waals surface area (Å²) >= 11 is 0. The molecule has 1 aliphatic rings. The Hall–Kier alpha value is -2.28. The van der Waals surface area contributed by atoms with Crippen molar-refractivity contribution in [2.75, 3.05) is 34.4 Å². The highest BCUT2D eigenvalue weighted by molar-refractivity contribution is 5.96. The molecule has 1 N–H and O–H groups in total. The van der Waals surface area contributed by atoms with E-state index in [1.54, 1.807) is 33.5 Å². The van der Waals surface area contributed by atoms with E-state index in [0.717, 1.165) is 18.7 Å². The van der Waals surface area contributed by atoms with Gasteiger partial charge in [0.2, 0.25) is 5.75 Å². The van der Waals surface area contributed by atoms with Crippen LogP contribution in [0.2, 0.25) is 0 Å². The lowest BCUT2D eigenvalue weighted by molar-refractivity contribution is -0.0241. The van der Waals surface area contributed by atoms with Crippen LogP contribution in [0, 0.1) is 0 Å². The van der Waals surface area contributed by atoms with Crippen molar-refractivity contribution in [1.82, 2.24) is 4.90 Å². The fraction of sp³-hybridized carbons (Fsp3) is 0.435. The van der Waals surface area contributed by atoms with Crippen molar-refractivity contribution in [3.63, 3.8) is 0 Å². The second-order valence-electron chi connectivity index (χ2n) is 7.50. The summed E-state index contributed by atoms with van der Waals surface area (Å²) in [6, 6.07) is 13.1. The van der Waals surface area contributed by atoms with Crippen LogP contribution in [0.25, 0.3) is 0 Å². The van der Waals surface area contributed by atoms with Crippen LogP contribution >= 0.6 is 12.4 Å². The molecule has 0 amide bonds. The Balaban J connectivity index is 0.00000320. The standard InChI is InChI=1S/C23H29NO5.ClH/c1-27-20-13-17(14-21(28-2)22(20)29-3)16-24-11-9-23(26,10-12-24)15-19(25)18-7-5-4-6-8-18;/h4-8,13-14,26H,9-12,15-16H2,1-3H3;1H. The Labute approximate surface area is 184 Å². The number of benzene rings is 2. The molecule has 7 heteroatoms. The normalized spacial score (nSPS) is 15.7. The Morgan fingerprint density at radius 1 is 1.00 bits per heavy atom. The molecule has 0 bridgehead atoms. The minimum atomic E-state index is -0.946. The van der Waals surface area contributed by atoms with E-state index < -0.39 is 5.60 Å². The summed E-state index contributed by atoms with van der Waals surface area (Å²) in [6.45, 7) is 2.14. The molecule has 1 heterocycles. The zero-order valence-electron chi connectivity index (χ0n) is 17.7. The minimum absolute atomic E-state index is 0. The fourth-order valence-corrected chi connectivity index (χ4v) is 3.81. The second-order valence-corrected chi connectivity index (χ2v) is 7.50. The van der Waals surface area contributed by atoms with Crippen molar-refractivity contribution in [1.29, 1.82) is 0 Å². The third-order valence-electron chi connectivity index (χ3n) is 5.50. The summed E-state index contributed by atoms with van der Waals surface area (Å²) in [7, 11) is 4.79. The molecule has 0 aliphatic carbocycles. The molecule has 30 heavy (non-hydrogen) atoms. The van der Waals surface area contributed by atoms with E-state index in [9.17, 15) is 9.90 Å². The smallest absolute Gasteiger partial charge is 0.203 e. The van der Waals surface area contributed by atoms with Crippen LogP contribution in [0.3, 0.4) is 0 Å². The van der Waals surface area contributed by atoms with Gasteiger partial charge in [-0.1, -0.05) is 30.3 Å². The van der Waals surface area contributed by atoms with Crippen LogP contribution < -0.4 is 14.2 Å². The number of nitrogens with zero attached hydrogens (tertiary/aromatic N) is 1. The Morgan fingerprint density at radius 2 is 1.57 bits per heavy atom. The SMILES string of the molecule is COc1cc(CN2CCC(O)(CC(=O)c3ccccc3)CC2)cc(OC)c1OC.Cl. The molecule has 0 radical (unpaired) electrons. The van der Waals surface area contributed by atoms with Crippen molar-refractivity contribution in [2.24, 2.45) is 0 Å². The van der Waals surface area contributed by atoms with Gasteiger partial charge in [-0.3, -0.25) is 9.69 Å². The molecule has 6 nitrogen and oxygen atoms in total. The predicted octanol–water partition coefficient (Wildman–Crippen LogP) is 3.73. The van der Waals surface area contributed by atoms with Crippen LogP contribution in [0.5, 0.6) is 17.2 Å². The first-order valence-corrected chi connectivity index (χ1v) is 9.80. The third kappa shape index (κ3) is 5.65. The minimum Gasteiger partial charge on any atom is -0.493 e. The van der Waals surface area contributed by atoms with Crippen molar-refractivity contribution < 1.29 is 24.1 Å². The molecule has 164 valence electrons. The van der Waals surface area contributed by atoms with Crippen LogP contribution in [-0.2, 0) is 6.54 Å². The van der Waals surface area contributed by atoms with Gasteiger partial charge in [0.1, 0.15) is 0 Å². The van der Waals surface area contributed by atoms with Crippen molar-refractivity contribution in [2.45, 2.75) is 31.4 Å². The molecular formula is C23H30ClNO5. The Kier molecular flexibility index (Phi) is 8.53. The summed E-state index contributed by atoms with van der Waals surface area (Å²) in [5, 5.41) is 10.9. The number of halogens is 1. The van der Waals surface area contributed by atoms with E-state index in [1.807, 2.05) is 30.3 Å². The predicted molar refractivity (Wildman–Crippen MR) is 118 cm³/mol. The lowest BCUT2D eigenvalue weighted by Gasteiger charge is -2.38. The van der Waals surface area contributed by atoms with E-state index in [0.29, 0.717) is 42.2 Å². The molecule has 0 unspecified atom stereocenters. The molecule has 0 aromatic heterocycles. The number of methoxy groups -OCH3 is 3. The first-order valence-electron chi connectivity index (χ1n) is 9.80. The molecule has 2 aromatic rings. The molecule has 1 saturated heterocycles. The van der Waals surface area contributed by atoms with Gasteiger partial charge in [-0.2, -0.15) is 0 Å². The number of rotatable bonds is 8. The maximum atomic E-state index is 12.5. The summed E-state index contributed by atoms with van der Waals surface area (Å²) in [6.07, 6.45) is 1.29. The summed E-state index contributed by atoms with van der Waals surface area (Å²) in [4.78, 5) is 14.7. The number of Topliss-reactive ketones (excluding diaryl/α,β-unsaturated/α-hetero) is 1. The number of aliphatic hydroxyl groups is 1. The van der Waals surface area contributed by atoms with Crippen LogP contribution in [0.15, 0.2) is 42.5 Å². The molecule has 0 atom stereocenters. The number of piperidine rings is 1. The van der Waals surface area contributed by atoms with E-state index in [2.05, 4.69) is 4.90 Å². The summed E-state index contributed by atoms with van der Waals surface area (Å²) < 4.78 is 16.2. The second kappa shape index (κ2) is 10.7. The van der Waals surface area contributed by atoms with Crippen LogP contribution in [0.1, 0.15) is 35.2 Å². The molecular weight excluding hydrogens is 406 g/mol. The summed E-state index contributed by atoms with van der Waals surface area (Å²) in [5.74, 6) is 1.82. The average molecular weight is 436 g/mol. The maximum absolute atomic E-state index is 12.5. The topological polar surface area (TPSA) is 68.2 Å². The van der Waals surface area contributed by atoms with Crippen molar-refractivity contribution in [3.8, 4) is 17.2 Å². The average Bonchev–Trinajstić information content (AvgIpc) is 2.75. The molecule has 2 aromatic carbocycles. The zero-order valence-corrected chi connectivity index (χ0v) is 18.5. The molecule has 0 spiro atoms. The Bertz CT molecular complexity index is 810. The largest absolute Gasteiger partial charge is 0.493 e. The van der Waals surface area contributed by atoms with E-state index in [1.165, 1.54) is 0 Å². The number of carbonyl (C=O) groups excluding carboxylic acids is 1. The van der Waals surface area contributed by atoms with Crippen LogP contribution in [-0.4, -0.2) is 55.8 Å². The first-order chi connectivity index (χ1) is 14.0. The van der Waals surface area contributed by atoms with Gasteiger partial charge in [-0.25, -0.2) is 0 Å². The van der Waals surface area contributed by atoms with Gasteiger partial charge in [0.05, 0.1) is 26.9 Å². The van der Waals surface area contributed by atoms with Gasteiger partial charge >= 0.3 is 0 Å². The molecule has 0 saturated carbocycles. The molecule has 1 fully saturated rings. The van der Waals surface area contributed by atoms with Crippen molar-refractivity contribution in [3.05, 3.63) is 53.6 Å². The summed E-state index contributed by atoms with van der Waals surface area (Å²) in [5.41, 5.74) is 0.754. The zero-order chi connectivity index (χ0) is 20.9. The van der Waals surface area contributed by atoms with E-state index in [4.69, 9.17) is 14.2 Å². The fourth-order valence-electron chi connectivity index (χ4n) is 3.81. The van der Waals surface area contributed by atoms with Crippen LogP contribution in [0.4, 0.5) is 0 Å². The van der Waals surface area contributed by atoms with Gasteiger partial charge in [0.25, 0.3) is 0 Å². The third-order valence-corrected chi connectivity index (χ3v) is 5.50. The first kappa shape index (κ1) is 24.0. The van der Waals surface area contributed by atoms with Crippen molar-refractivity contribution >= 4 is 18.2 Å². The van der Waals surface area contributed by atoms with Gasteiger partial charge < -0.3 is 19.3 Å². The number of carbonyl (C=O) groups is 1. The maximum Gasteiger partial charge on any atom is 0.203 e. The highest BCUT2D eigenvalue weighted by Gasteiger charge is 2.34. The van der Waals surface area contributed by atoms with E-state index in [-0.39, 0.29) is 24.6 Å². The van der Waals surface area contributed by atoms with Gasteiger partial charge in [0, 0.05) is 31.6 Å². The lowest BCUT2D eigenvalue weighted by Crippen LogP contribution is -2.45. The molecule has 3 rings (SSSR count). The highest BCUT2D eigenvalue weighted by Crippen LogP contribution is 2.39. The lowest BCUT2D eigenvalue weighted by atomic mass is 9.85.